The third-order valence-corrected chi connectivity index (χ3v) is 5.09. The molecule has 1 aromatic heterocycles. The molecule has 2 aliphatic rings. The van der Waals surface area contributed by atoms with Crippen molar-refractivity contribution in [2.45, 2.75) is 13.0 Å². The molecule has 3 rings (SSSR count). The Morgan fingerprint density at radius 1 is 1.29 bits per heavy atom. The molecule has 8 nitrogen and oxygen atoms in total. The molecule has 1 N–H and O–H groups in total. The van der Waals surface area contributed by atoms with Crippen molar-refractivity contribution >= 4 is 40.7 Å². The highest BCUT2D eigenvalue weighted by molar-refractivity contribution is 7.12. The Balaban J connectivity index is 1.78. The van der Waals surface area contributed by atoms with E-state index in [4.69, 9.17) is 0 Å². The SMILES string of the molecule is CC(=O)Nc1ccsc1C(=O)N1CCN2C(=O)CN(C)C(=O)[C@H]2C1. The van der Waals surface area contributed by atoms with E-state index in [9.17, 15) is 19.2 Å². The number of amides is 4. The second-order valence-corrected chi connectivity index (χ2v) is 6.81. The number of hydrogen-bond donors (Lipinski definition) is 1. The maximum Gasteiger partial charge on any atom is 0.266 e. The highest BCUT2D eigenvalue weighted by Crippen LogP contribution is 2.26. The molecule has 0 bridgehead atoms. The third-order valence-electron chi connectivity index (χ3n) is 4.19. The smallest absolute Gasteiger partial charge is 0.266 e. The van der Waals surface area contributed by atoms with Crippen molar-refractivity contribution in [3.05, 3.63) is 16.3 Å². The van der Waals surface area contributed by atoms with Crippen molar-refractivity contribution < 1.29 is 19.2 Å². The number of anilines is 1. The van der Waals surface area contributed by atoms with Crippen LogP contribution in [-0.2, 0) is 14.4 Å². The lowest BCUT2D eigenvalue weighted by Gasteiger charge is -2.45. The Bertz CT molecular complexity index is 716. The van der Waals surface area contributed by atoms with Crippen LogP contribution in [0.25, 0.3) is 0 Å². The summed E-state index contributed by atoms with van der Waals surface area (Å²) >= 11 is 1.24. The number of carbonyl (C=O) groups excluding carboxylic acids is 4. The molecule has 4 amide bonds. The molecule has 2 saturated heterocycles. The molecule has 0 spiro atoms. The van der Waals surface area contributed by atoms with Crippen molar-refractivity contribution in [3.63, 3.8) is 0 Å². The number of nitrogens with one attached hydrogen (secondary N) is 1. The van der Waals surface area contributed by atoms with Gasteiger partial charge in [0.1, 0.15) is 10.9 Å². The molecule has 1 aromatic rings. The van der Waals surface area contributed by atoms with Gasteiger partial charge in [-0.15, -0.1) is 11.3 Å². The second kappa shape index (κ2) is 6.23. The number of thiophene rings is 1. The van der Waals surface area contributed by atoms with E-state index in [0.717, 1.165) is 0 Å². The lowest BCUT2D eigenvalue weighted by Crippen LogP contribution is -2.66. The van der Waals surface area contributed by atoms with Crippen molar-refractivity contribution in [1.29, 1.82) is 0 Å². The monoisotopic (exact) mass is 350 g/mol. The number of carbonyl (C=O) groups is 4. The van der Waals surface area contributed by atoms with Crippen molar-refractivity contribution in [3.8, 4) is 0 Å². The van der Waals surface area contributed by atoms with Gasteiger partial charge < -0.3 is 20.0 Å². The number of likely N-dealkylation sites (N-methyl/N-ethyl adjacent to an activating group) is 1. The molecule has 3 heterocycles. The van der Waals surface area contributed by atoms with E-state index < -0.39 is 6.04 Å². The predicted octanol–water partition coefficient (Wildman–Crippen LogP) is -0.168. The Morgan fingerprint density at radius 3 is 2.75 bits per heavy atom. The van der Waals surface area contributed by atoms with E-state index in [1.807, 2.05) is 0 Å². The van der Waals surface area contributed by atoms with Gasteiger partial charge in [-0.25, -0.2) is 0 Å². The van der Waals surface area contributed by atoms with Crippen LogP contribution in [0.1, 0.15) is 16.6 Å². The highest BCUT2D eigenvalue weighted by Gasteiger charge is 2.42. The van der Waals surface area contributed by atoms with Crippen molar-refractivity contribution in [2.75, 3.05) is 38.5 Å². The summed E-state index contributed by atoms with van der Waals surface area (Å²) in [7, 11) is 1.59. The molecule has 2 aliphatic heterocycles. The van der Waals surface area contributed by atoms with Crippen molar-refractivity contribution in [2.24, 2.45) is 0 Å². The molecule has 0 aliphatic carbocycles. The Morgan fingerprint density at radius 2 is 2.04 bits per heavy atom. The average molecular weight is 350 g/mol. The molecule has 128 valence electrons. The van der Waals surface area contributed by atoms with Crippen molar-refractivity contribution in [1.82, 2.24) is 14.7 Å². The number of piperazine rings is 2. The zero-order chi connectivity index (χ0) is 17.4. The Kier molecular flexibility index (Phi) is 4.27. The van der Waals surface area contributed by atoms with Gasteiger partial charge in [-0.2, -0.15) is 0 Å². The summed E-state index contributed by atoms with van der Waals surface area (Å²) in [5.74, 6) is -0.728. The van der Waals surface area contributed by atoms with E-state index in [1.54, 1.807) is 28.3 Å². The topological polar surface area (TPSA) is 90.0 Å². The fraction of sp³-hybridized carbons (Fsp3) is 0.467. The van der Waals surface area contributed by atoms with Gasteiger partial charge in [-0.1, -0.05) is 0 Å². The number of hydrogen-bond acceptors (Lipinski definition) is 5. The van der Waals surface area contributed by atoms with Gasteiger partial charge in [0.2, 0.25) is 17.7 Å². The minimum absolute atomic E-state index is 0.0842. The lowest BCUT2D eigenvalue weighted by molar-refractivity contribution is -0.157. The van der Waals surface area contributed by atoms with E-state index >= 15 is 0 Å². The first-order valence-electron chi connectivity index (χ1n) is 7.57. The lowest BCUT2D eigenvalue weighted by atomic mass is 10.1. The number of nitrogens with zero attached hydrogens (tertiary/aromatic N) is 3. The van der Waals surface area contributed by atoms with Gasteiger partial charge in [0.15, 0.2) is 0 Å². The molecule has 1 atom stereocenters. The standard InChI is InChI=1S/C15H18N4O4S/c1-9(20)16-10-3-6-24-13(10)15(23)18-4-5-19-11(7-18)14(22)17(2)8-12(19)21/h3,6,11H,4-5,7-8H2,1-2H3,(H,16,20)/t11-/m1/s1. The van der Waals surface area contributed by atoms with Crippen LogP contribution in [0.15, 0.2) is 11.4 Å². The average Bonchev–Trinajstić information content (AvgIpc) is 2.98. The van der Waals surface area contributed by atoms with Gasteiger partial charge >= 0.3 is 0 Å². The van der Waals surface area contributed by atoms with Crippen LogP contribution in [0.3, 0.4) is 0 Å². The fourth-order valence-electron chi connectivity index (χ4n) is 3.01. The Labute approximate surface area is 143 Å². The number of rotatable bonds is 2. The molecule has 0 radical (unpaired) electrons. The highest BCUT2D eigenvalue weighted by atomic mass is 32.1. The zero-order valence-corrected chi connectivity index (χ0v) is 14.3. The summed E-state index contributed by atoms with van der Waals surface area (Å²) < 4.78 is 0. The molecule has 24 heavy (non-hydrogen) atoms. The first-order chi connectivity index (χ1) is 11.4. The van der Waals surface area contributed by atoms with E-state index in [1.165, 1.54) is 23.2 Å². The zero-order valence-electron chi connectivity index (χ0n) is 13.4. The molecule has 2 fully saturated rings. The first-order valence-corrected chi connectivity index (χ1v) is 8.45. The van der Waals surface area contributed by atoms with Crippen LogP contribution in [0.4, 0.5) is 5.69 Å². The minimum atomic E-state index is -0.627. The largest absolute Gasteiger partial charge is 0.335 e. The summed E-state index contributed by atoms with van der Waals surface area (Å²) in [4.78, 5) is 53.3. The maximum absolute atomic E-state index is 12.8. The summed E-state index contributed by atoms with van der Waals surface area (Å²) in [5, 5.41) is 4.37. The van der Waals surface area contributed by atoms with Crippen LogP contribution in [-0.4, -0.2) is 77.6 Å². The molecular formula is C15H18N4O4S. The van der Waals surface area contributed by atoms with Gasteiger partial charge in [0.05, 0.1) is 18.8 Å². The number of fused-ring (bicyclic) bond motifs is 1. The maximum atomic E-state index is 12.8. The molecular weight excluding hydrogens is 332 g/mol. The van der Waals surface area contributed by atoms with Crippen LogP contribution in [0, 0.1) is 0 Å². The van der Waals surface area contributed by atoms with E-state index in [-0.39, 0.29) is 36.7 Å². The summed E-state index contributed by atoms with van der Waals surface area (Å²) in [6, 6.07) is 1.05. The second-order valence-electron chi connectivity index (χ2n) is 5.89. The Hall–Kier alpha value is -2.42. The summed E-state index contributed by atoms with van der Waals surface area (Å²) in [5.41, 5.74) is 0.475. The summed E-state index contributed by atoms with van der Waals surface area (Å²) in [6.07, 6.45) is 0. The quantitative estimate of drug-likeness (QED) is 0.802. The molecule has 9 heteroatoms. The van der Waals surface area contributed by atoms with Crippen LogP contribution in [0.5, 0.6) is 0 Å². The van der Waals surface area contributed by atoms with Gasteiger partial charge in [0, 0.05) is 27.1 Å². The summed E-state index contributed by atoms with van der Waals surface area (Å²) in [6.45, 7) is 2.35. The molecule has 0 unspecified atom stereocenters. The first kappa shape index (κ1) is 16.4. The molecule has 0 aromatic carbocycles. The fourth-order valence-corrected chi connectivity index (χ4v) is 3.83. The normalized spacial score (nSPS) is 20.9. The predicted molar refractivity (Wildman–Crippen MR) is 87.7 cm³/mol. The van der Waals surface area contributed by atoms with E-state index in [0.29, 0.717) is 23.7 Å². The third kappa shape index (κ3) is 2.86. The van der Waals surface area contributed by atoms with Crippen LogP contribution >= 0.6 is 11.3 Å². The van der Waals surface area contributed by atoms with Gasteiger partial charge in [-0.3, -0.25) is 19.2 Å². The van der Waals surface area contributed by atoms with Gasteiger partial charge in [0.25, 0.3) is 5.91 Å². The van der Waals surface area contributed by atoms with Crippen LogP contribution < -0.4 is 5.32 Å². The molecule has 0 saturated carbocycles. The van der Waals surface area contributed by atoms with Crippen LogP contribution in [0.2, 0.25) is 0 Å². The van der Waals surface area contributed by atoms with E-state index in [2.05, 4.69) is 5.32 Å². The minimum Gasteiger partial charge on any atom is -0.335 e. The van der Waals surface area contributed by atoms with Gasteiger partial charge in [-0.05, 0) is 11.4 Å².